The third kappa shape index (κ3) is 3.38. The van der Waals surface area contributed by atoms with Crippen LogP contribution in [0.15, 0.2) is 27.4 Å². The van der Waals surface area contributed by atoms with E-state index >= 15 is 0 Å². The van der Waals surface area contributed by atoms with Gasteiger partial charge in [0.1, 0.15) is 5.58 Å². The summed E-state index contributed by atoms with van der Waals surface area (Å²) in [4.78, 5) is 17.5. The van der Waals surface area contributed by atoms with Crippen molar-refractivity contribution in [2.45, 2.75) is 52.1 Å². The number of nitrogens with zero attached hydrogens (tertiary/aromatic N) is 2. The first kappa shape index (κ1) is 16.8. The Kier molecular flexibility index (Phi) is 4.65. The van der Waals surface area contributed by atoms with Gasteiger partial charge in [0.15, 0.2) is 0 Å². The summed E-state index contributed by atoms with van der Waals surface area (Å²) < 4.78 is 5.62. The molecule has 3 heterocycles. The Morgan fingerprint density at radius 3 is 2.72 bits per heavy atom. The van der Waals surface area contributed by atoms with E-state index in [-0.39, 0.29) is 5.63 Å². The van der Waals surface area contributed by atoms with E-state index in [4.69, 9.17) is 4.42 Å². The smallest absolute Gasteiger partial charge is 0.341 e. The molecule has 0 spiro atoms. The van der Waals surface area contributed by atoms with Crippen LogP contribution in [0.2, 0.25) is 0 Å². The summed E-state index contributed by atoms with van der Waals surface area (Å²) in [6, 6.07) is 6.74. The average Bonchev–Trinajstić information content (AvgIpc) is 2.62. The highest BCUT2D eigenvalue weighted by Crippen LogP contribution is 2.26. The number of likely N-dealkylation sites (tertiary alicyclic amines) is 1. The van der Waals surface area contributed by atoms with E-state index < -0.39 is 0 Å². The number of piperidine rings is 1. The first-order valence-electron chi connectivity index (χ1n) is 9.63. The van der Waals surface area contributed by atoms with Crippen LogP contribution in [0.25, 0.3) is 11.0 Å². The van der Waals surface area contributed by atoms with Crippen LogP contribution < -0.4 is 5.63 Å². The van der Waals surface area contributed by atoms with Crippen molar-refractivity contribution in [3.05, 3.63) is 45.3 Å². The fourth-order valence-corrected chi connectivity index (χ4v) is 4.43. The monoisotopic (exact) mass is 340 g/mol. The SMILES string of the molecule is Cc1ccc2c3c(c(=O)oc2c1)CN(CC(C)N1CCCCC1)CC3. The summed E-state index contributed by atoms with van der Waals surface area (Å²) in [5, 5.41) is 1.11. The molecule has 1 saturated heterocycles. The molecule has 134 valence electrons. The van der Waals surface area contributed by atoms with Crippen molar-refractivity contribution >= 4 is 11.0 Å². The summed E-state index contributed by atoms with van der Waals surface area (Å²) >= 11 is 0. The van der Waals surface area contributed by atoms with Gasteiger partial charge in [-0.05, 0) is 63.4 Å². The molecule has 0 aliphatic carbocycles. The molecule has 2 aliphatic heterocycles. The van der Waals surface area contributed by atoms with Crippen molar-refractivity contribution in [1.82, 2.24) is 9.80 Å². The molecule has 1 fully saturated rings. The van der Waals surface area contributed by atoms with Crippen LogP contribution in [-0.4, -0.2) is 42.0 Å². The van der Waals surface area contributed by atoms with Gasteiger partial charge in [-0.1, -0.05) is 18.6 Å². The second-order valence-corrected chi connectivity index (χ2v) is 7.78. The molecule has 4 rings (SSSR count). The molecule has 0 saturated carbocycles. The zero-order chi connectivity index (χ0) is 17.4. The molecule has 1 unspecified atom stereocenters. The van der Waals surface area contributed by atoms with E-state index in [0.717, 1.165) is 48.2 Å². The normalized spacial score (nSPS) is 20.6. The molecular formula is C21H28N2O2. The van der Waals surface area contributed by atoms with Gasteiger partial charge in [-0.15, -0.1) is 0 Å². The molecule has 2 aromatic rings. The van der Waals surface area contributed by atoms with Gasteiger partial charge in [-0.25, -0.2) is 4.79 Å². The number of benzene rings is 1. The lowest BCUT2D eigenvalue weighted by atomic mass is 9.96. The maximum Gasteiger partial charge on any atom is 0.341 e. The number of hydrogen-bond donors (Lipinski definition) is 0. The lowest BCUT2D eigenvalue weighted by Crippen LogP contribution is -2.46. The molecule has 2 aliphatic rings. The number of hydrogen-bond acceptors (Lipinski definition) is 4. The first-order chi connectivity index (χ1) is 12.1. The van der Waals surface area contributed by atoms with Gasteiger partial charge < -0.3 is 4.42 Å². The van der Waals surface area contributed by atoms with E-state index in [1.165, 1.54) is 37.9 Å². The molecule has 0 radical (unpaired) electrons. The maximum atomic E-state index is 12.5. The summed E-state index contributed by atoms with van der Waals surface area (Å²) in [5.74, 6) is 0. The van der Waals surface area contributed by atoms with Crippen LogP contribution in [0.4, 0.5) is 0 Å². The third-order valence-corrected chi connectivity index (χ3v) is 5.87. The van der Waals surface area contributed by atoms with Crippen LogP contribution in [-0.2, 0) is 13.0 Å². The molecule has 0 bridgehead atoms. The number of fused-ring (bicyclic) bond motifs is 3. The second-order valence-electron chi connectivity index (χ2n) is 7.78. The second kappa shape index (κ2) is 6.93. The standard InChI is InChI=1S/C21H28N2O2/c1-15-6-7-18-17-8-11-22(13-16(2)23-9-4-3-5-10-23)14-19(17)21(24)25-20(18)12-15/h6-7,12,16H,3-5,8-11,13-14H2,1-2H3. The Morgan fingerprint density at radius 2 is 1.92 bits per heavy atom. The Labute approximate surface area is 149 Å². The van der Waals surface area contributed by atoms with Crippen molar-refractivity contribution in [2.24, 2.45) is 0 Å². The van der Waals surface area contributed by atoms with E-state index in [2.05, 4.69) is 28.9 Å². The first-order valence-corrected chi connectivity index (χ1v) is 9.63. The Bertz CT molecular complexity index is 820. The quantitative estimate of drug-likeness (QED) is 0.803. The highest BCUT2D eigenvalue weighted by atomic mass is 16.4. The Balaban J connectivity index is 1.55. The molecule has 25 heavy (non-hydrogen) atoms. The molecule has 0 amide bonds. The fraction of sp³-hybridized carbons (Fsp3) is 0.571. The van der Waals surface area contributed by atoms with Crippen LogP contribution in [0.3, 0.4) is 0 Å². The van der Waals surface area contributed by atoms with Crippen molar-refractivity contribution < 1.29 is 4.42 Å². The van der Waals surface area contributed by atoms with E-state index in [0.29, 0.717) is 6.04 Å². The molecule has 0 N–H and O–H groups in total. The zero-order valence-electron chi connectivity index (χ0n) is 15.4. The van der Waals surface area contributed by atoms with Gasteiger partial charge in [0.25, 0.3) is 0 Å². The molecule has 1 atom stereocenters. The van der Waals surface area contributed by atoms with Gasteiger partial charge in [0.2, 0.25) is 0 Å². The predicted octanol–water partition coefficient (Wildman–Crippen LogP) is 3.33. The summed E-state index contributed by atoms with van der Waals surface area (Å²) in [7, 11) is 0. The van der Waals surface area contributed by atoms with E-state index in [1.54, 1.807) is 0 Å². The summed E-state index contributed by atoms with van der Waals surface area (Å²) in [6.45, 7) is 9.58. The van der Waals surface area contributed by atoms with Crippen molar-refractivity contribution in [3.63, 3.8) is 0 Å². The molecule has 1 aromatic heterocycles. The van der Waals surface area contributed by atoms with Crippen molar-refractivity contribution in [1.29, 1.82) is 0 Å². The van der Waals surface area contributed by atoms with Crippen LogP contribution in [0.5, 0.6) is 0 Å². The number of aryl methyl sites for hydroxylation is 1. The molecular weight excluding hydrogens is 312 g/mol. The van der Waals surface area contributed by atoms with Gasteiger partial charge >= 0.3 is 5.63 Å². The van der Waals surface area contributed by atoms with E-state index in [1.807, 2.05) is 13.0 Å². The number of rotatable bonds is 3. The van der Waals surface area contributed by atoms with Crippen LogP contribution in [0, 0.1) is 6.92 Å². The van der Waals surface area contributed by atoms with Crippen molar-refractivity contribution in [2.75, 3.05) is 26.2 Å². The van der Waals surface area contributed by atoms with Crippen molar-refractivity contribution in [3.8, 4) is 0 Å². The average molecular weight is 340 g/mol. The highest BCUT2D eigenvalue weighted by molar-refractivity contribution is 5.82. The molecule has 1 aromatic carbocycles. The van der Waals surface area contributed by atoms with E-state index in [9.17, 15) is 4.79 Å². The lowest BCUT2D eigenvalue weighted by Gasteiger charge is -2.37. The Hall–Kier alpha value is -1.65. The van der Waals surface area contributed by atoms with Gasteiger partial charge in [-0.3, -0.25) is 9.80 Å². The van der Waals surface area contributed by atoms with Crippen LogP contribution >= 0.6 is 0 Å². The van der Waals surface area contributed by atoms with Gasteiger partial charge in [0.05, 0.1) is 5.56 Å². The molecule has 4 heteroatoms. The summed E-state index contributed by atoms with van der Waals surface area (Å²) in [6.07, 6.45) is 4.95. The molecule has 4 nitrogen and oxygen atoms in total. The predicted molar refractivity (Wildman–Crippen MR) is 101 cm³/mol. The highest BCUT2D eigenvalue weighted by Gasteiger charge is 2.25. The van der Waals surface area contributed by atoms with Crippen LogP contribution in [0.1, 0.15) is 42.9 Å². The lowest BCUT2D eigenvalue weighted by molar-refractivity contribution is 0.121. The fourth-order valence-electron chi connectivity index (χ4n) is 4.43. The van der Waals surface area contributed by atoms with Gasteiger partial charge in [-0.2, -0.15) is 0 Å². The Morgan fingerprint density at radius 1 is 1.12 bits per heavy atom. The maximum absolute atomic E-state index is 12.5. The minimum atomic E-state index is -0.150. The zero-order valence-corrected chi connectivity index (χ0v) is 15.4. The summed E-state index contributed by atoms with van der Waals surface area (Å²) in [5.41, 5.74) is 3.78. The van der Waals surface area contributed by atoms with Gasteiger partial charge in [0, 0.05) is 31.1 Å². The largest absolute Gasteiger partial charge is 0.422 e. The topological polar surface area (TPSA) is 36.7 Å². The minimum Gasteiger partial charge on any atom is -0.422 e. The third-order valence-electron chi connectivity index (χ3n) is 5.87. The minimum absolute atomic E-state index is 0.150.